The smallest absolute Gasteiger partial charge is 0.111 e. The van der Waals surface area contributed by atoms with Crippen molar-refractivity contribution in [3.63, 3.8) is 0 Å². The van der Waals surface area contributed by atoms with Crippen molar-refractivity contribution < 1.29 is 0 Å². The summed E-state index contributed by atoms with van der Waals surface area (Å²) in [5, 5.41) is 0. The van der Waals surface area contributed by atoms with Crippen LogP contribution in [-0.2, 0) is 0 Å². The lowest BCUT2D eigenvalue weighted by Gasteiger charge is -1.59. The number of hydrogen-bond donors (Lipinski definition) is 0. The van der Waals surface area contributed by atoms with Gasteiger partial charge >= 0.3 is 0 Å². The Labute approximate surface area is 45.6 Å². The van der Waals surface area contributed by atoms with Crippen molar-refractivity contribution in [1.29, 1.82) is 0 Å². The third-order valence-electron chi connectivity index (χ3n) is 0.414. The van der Waals surface area contributed by atoms with Crippen LogP contribution in [0.25, 0.3) is 0 Å². The van der Waals surface area contributed by atoms with Gasteiger partial charge in [0.2, 0.25) is 0 Å². The minimum absolute atomic E-state index is 0.856. The molecule has 0 spiro atoms. The molecule has 0 atom stereocenters. The van der Waals surface area contributed by atoms with Crippen LogP contribution in [-0.4, -0.2) is 4.37 Å². The summed E-state index contributed by atoms with van der Waals surface area (Å²) in [4.78, 5) is 0. The maximum Gasteiger partial charge on any atom is 0.111 e. The highest BCUT2D eigenvalue weighted by Gasteiger charge is 1.79. The molecule has 0 aromatic carbocycles. The summed E-state index contributed by atoms with van der Waals surface area (Å²) in [6.45, 7) is 0. The summed E-state index contributed by atoms with van der Waals surface area (Å²) in [5.74, 6) is 0. The largest absolute Gasteiger partial charge is 0.200 e. The van der Waals surface area contributed by atoms with Crippen molar-refractivity contribution in [3.05, 3.63) is 12.3 Å². The Kier molecular flexibility index (Phi) is 1.03. The van der Waals surface area contributed by atoms with E-state index >= 15 is 0 Å². The lowest BCUT2D eigenvalue weighted by molar-refractivity contribution is 1.57. The van der Waals surface area contributed by atoms with Crippen molar-refractivity contribution in [2.24, 2.45) is 0 Å². The SMILES string of the molecule is [S]c1ccns1. The second-order valence-corrected chi connectivity index (χ2v) is 2.36. The van der Waals surface area contributed by atoms with Gasteiger partial charge in [-0.25, -0.2) is 0 Å². The fourth-order valence-corrected chi connectivity index (χ4v) is 0.741. The van der Waals surface area contributed by atoms with E-state index in [0.29, 0.717) is 0 Å². The molecule has 0 bridgehead atoms. The molecule has 0 aliphatic carbocycles. The summed E-state index contributed by atoms with van der Waals surface area (Å²) >= 11 is 6.04. The van der Waals surface area contributed by atoms with Crippen molar-refractivity contribution in [2.75, 3.05) is 0 Å². The van der Waals surface area contributed by atoms with Crippen molar-refractivity contribution in [3.8, 4) is 0 Å². The summed E-state index contributed by atoms with van der Waals surface area (Å²) in [7, 11) is 0. The van der Waals surface area contributed by atoms with Gasteiger partial charge in [0, 0.05) is 6.20 Å². The first-order valence-electron chi connectivity index (χ1n) is 1.47. The number of rotatable bonds is 0. The zero-order valence-corrected chi connectivity index (χ0v) is 4.55. The minimum Gasteiger partial charge on any atom is -0.200 e. The van der Waals surface area contributed by atoms with Crippen molar-refractivity contribution in [1.82, 2.24) is 4.37 Å². The van der Waals surface area contributed by atoms with Crippen LogP contribution in [0.1, 0.15) is 0 Å². The number of aromatic nitrogens is 1. The monoisotopic (exact) mass is 116 g/mol. The van der Waals surface area contributed by atoms with E-state index in [-0.39, 0.29) is 0 Å². The van der Waals surface area contributed by atoms with E-state index in [0.717, 1.165) is 4.21 Å². The van der Waals surface area contributed by atoms with E-state index in [4.69, 9.17) is 12.6 Å². The van der Waals surface area contributed by atoms with Gasteiger partial charge in [0.15, 0.2) is 0 Å². The van der Waals surface area contributed by atoms with Crippen LogP contribution in [0.2, 0.25) is 0 Å². The van der Waals surface area contributed by atoms with Gasteiger partial charge in [0.25, 0.3) is 0 Å². The Morgan fingerprint density at radius 1 is 1.83 bits per heavy atom. The molecule has 1 aromatic rings. The molecule has 1 heterocycles. The highest BCUT2D eigenvalue weighted by atomic mass is 32.2. The lowest BCUT2D eigenvalue weighted by atomic mass is 10.8. The molecule has 0 aliphatic rings. The van der Waals surface area contributed by atoms with Crippen molar-refractivity contribution >= 4 is 24.2 Å². The Hall–Kier alpha value is -0.150. The Morgan fingerprint density at radius 2 is 2.67 bits per heavy atom. The van der Waals surface area contributed by atoms with Gasteiger partial charge in [-0.2, -0.15) is 4.37 Å². The normalized spacial score (nSPS) is 8.67. The zero-order chi connectivity index (χ0) is 4.41. The van der Waals surface area contributed by atoms with Gasteiger partial charge in [0.1, 0.15) is 4.21 Å². The molecule has 0 saturated carbocycles. The molecule has 6 heavy (non-hydrogen) atoms. The second kappa shape index (κ2) is 1.53. The molecule has 0 saturated heterocycles. The van der Waals surface area contributed by atoms with E-state index in [2.05, 4.69) is 4.37 Å². The minimum atomic E-state index is 0.856. The number of hydrogen-bond acceptors (Lipinski definition) is 2. The summed E-state index contributed by atoms with van der Waals surface area (Å²) in [5.41, 5.74) is 0. The first-order valence-corrected chi connectivity index (χ1v) is 2.65. The molecule has 1 aromatic heterocycles. The molecule has 31 valence electrons. The van der Waals surface area contributed by atoms with Crippen LogP contribution in [0.15, 0.2) is 16.5 Å². The predicted octanol–water partition coefficient (Wildman–Crippen LogP) is 1.70. The maximum absolute atomic E-state index is 4.70. The molecule has 0 amide bonds. The summed E-state index contributed by atoms with van der Waals surface area (Å²) in [6.07, 6.45) is 1.70. The van der Waals surface area contributed by atoms with Crippen LogP contribution in [0.3, 0.4) is 0 Å². The molecule has 0 unspecified atom stereocenters. The first kappa shape index (κ1) is 4.02. The van der Waals surface area contributed by atoms with Crippen LogP contribution in [0.4, 0.5) is 0 Å². The summed E-state index contributed by atoms with van der Waals surface area (Å²) < 4.78 is 4.62. The van der Waals surface area contributed by atoms with Gasteiger partial charge < -0.3 is 0 Å². The highest BCUT2D eigenvalue weighted by Crippen LogP contribution is 2.07. The van der Waals surface area contributed by atoms with E-state index in [1.807, 2.05) is 0 Å². The third-order valence-corrected chi connectivity index (χ3v) is 1.32. The molecule has 1 rings (SSSR count). The van der Waals surface area contributed by atoms with E-state index in [9.17, 15) is 0 Å². The molecule has 1 nitrogen and oxygen atoms in total. The fraction of sp³-hybridized carbons (Fsp3) is 0. The van der Waals surface area contributed by atoms with Gasteiger partial charge in [-0.05, 0) is 17.6 Å². The Bertz CT molecular complexity index is 112. The van der Waals surface area contributed by atoms with E-state index < -0.39 is 0 Å². The van der Waals surface area contributed by atoms with E-state index in [1.54, 1.807) is 12.3 Å². The summed E-state index contributed by atoms with van der Waals surface area (Å²) in [6, 6.07) is 1.81. The van der Waals surface area contributed by atoms with Crippen LogP contribution < -0.4 is 0 Å². The zero-order valence-electron chi connectivity index (χ0n) is 2.92. The molecule has 0 N–H and O–H groups in total. The first-order chi connectivity index (χ1) is 2.89. The second-order valence-electron chi connectivity index (χ2n) is 0.831. The van der Waals surface area contributed by atoms with Crippen LogP contribution >= 0.6 is 24.2 Å². The molecular formula is C3H2NS2. The highest BCUT2D eigenvalue weighted by molar-refractivity contribution is 7.82. The van der Waals surface area contributed by atoms with Gasteiger partial charge in [0.05, 0.1) is 0 Å². The molecule has 0 fully saturated rings. The van der Waals surface area contributed by atoms with Gasteiger partial charge in [-0.15, -0.1) is 0 Å². The Balaban J connectivity index is 3.05. The van der Waals surface area contributed by atoms with Crippen LogP contribution in [0.5, 0.6) is 0 Å². The fourth-order valence-electron chi connectivity index (χ4n) is 0.204. The van der Waals surface area contributed by atoms with Gasteiger partial charge in [-0.1, -0.05) is 12.6 Å². The average Bonchev–Trinajstić information content (AvgIpc) is 1.86. The topological polar surface area (TPSA) is 12.9 Å². The van der Waals surface area contributed by atoms with Crippen molar-refractivity contribution in [2.45, 2.75) is 4.21 Å². The molecule has 1 radical (unpaired) electrons. The van der Waals surface area contributed by atoms with E-state index in [1.165, 1.54) is 11.5 Å². The average molecular weight is 116 g/mol. The molecule has 0 aliphatic heterocycles. The maximum atomic E-state index is 4.70. The molecular weight excluding hydrogens is 114 g/mol. The lowest BCUT2D eigenvalue weighted by Crippen LogP contribution is -1.32. The third kappa shape index (κ3) is 0.666. The predicted molar refractivity (Wildman–Crippen MR) is 28.0 cm³/mol. The Morgan fingerprint density at radius 3 is 2.83 bits per heavy atom. The number of nitrogens with zero attached hydrogens (tertiary/aromatic N) is 1. The quantitative estimate of drug-likeness (QED) is 0.502. The molecule has 3 heteroatoms. The van der Waals surface area contributed by atoms with Crippen LogP contribution in [0, 0.1) is 0 Å². The van der Waals surface area contributed by atoms with Gasteiger partial charge in [-0.3, -0.25) is 0 Å². The standard InChI is InChI=1S/C3H2NS2/c5-3-1-2-4-6-3/h1-2H.